The molecule has 25 heavy (non-hydrogen) atoms. The van der Waals surface area contributed by atoms with Crippen molar-refractivity contribution in [2.75, 3.05) is 29.9 Å². The fourth-order valence-electron chi connectivity index (χ4n) is 2.95. The number of anilines is 2. The average Bonchev–Trinajstić information content (AvgIpc) is 2.95. The highest BCUT2D eigenvalue weighted by atomic mass is 35.5. The van der Waals surface area contributed by atoms with Crippen molar-refractivity contribution in [2.24, 2.45) is 0 Å². The second-order valence-electron chi connectivity index (χ2n) is 6.00. The maximum Gasteiger partial charge on any atom is 0.203 e. The van der Waals surface area contributed by atoms with Crippen LogP contribution < -0.4 is 9.80 Å². The molecule has 3 aromatic rings. The van der Waals surface area contributed by atoms with Crippen molar-refractivity contribution in [3.05, 3.63) is 41.1 Å². The van der Waals surface area contributed by atoms with E-state index in [9.17, 15) is 0 Å². The van der Waals surface area contributed by atoms with Crippen molar-refractivity contribution in [1.82, 2.24) is 24.6 Å². The number of pyridine rings is 1. The number of rotatable bonds is 3. The van der Waals surface area contributed by atoms with E-state index >= 15 is 0 Å². The van der Waals surface area contributed by atoms with Gasteiger partial charge in [0.1, 0.15) is 17.7 Å². The highest BCUT2D eigenvalue weighted by molar-refractivity contribution is 6.33. The summed E-state index contributed by atoms with van der Waals surface area (Å²) in [5.74, 6) is 2.34. The van der Waals surface area contributed by atoms with Crippen LogP contribution in [0.3, 0.4) is 0 Å². The van der Waals surface area contributed by atoms with Gasteiger partial charge in [-0.15, -0.1) is 10.2 Å². The van der Waals surface area contributed by atoms with E-state index < -0.39 is 0 Å². The Morgan fingerprint density at radius 3 is 2.84 bits per heavy atom. The Balaban J connectivity index is 1.52. The molecule has 1 aliphatic heterocycles. The van der Waals surface area contributed by atoms with Crippen LogP contribution in [0, 0.1) is 18.3 Å². The highest BCUT2D eigenvalue weighted by Gasteiger charge is 2.34. The van der Waals surface area contributed by atoms with Gasteiger partial charge >= 0.3 is 0 Å². The Morgan fingerprint density at radius 2 is 2.12 bits per heavy atom. The molecular formula is C16H15ClN8. The van der Waals surface area contributed by atoms with E-state index in [1.807, 2.05) is 35.5 Å². The molecule has 0 radical (unpaired) electrons. The Bertz CT molecular complexity index is 985. The zero-order valence-electron chi connectivity index (χ0n) is 13.8. The van der Waals surface area contributed by atoms with Gasteiger partial charge in [-0.3, -0.25) is 4.40 Å². The van der Waals surface area contributed by atoms with Crippen LogP contribution in [0.2, 0.25) is 5.02 Å². The summed E-state index contributed by atoms with van der Waals surface area (Å²) in [6, 6.07) is 3.93. The molecular weight excluding hydrogens is 340 g/mol. The van der Waals surface area contributed by atoms with E-state index in [-0.39, 0.29) is 6.04 Å². The van der Waals surface area contributed by atoms with Crippen LogP contribution in [0.5, 0.6) is 0 Å². The minimum absolute atomic E-state index is 0.254. The summed E-state index contributed by atoms with van der Waals surface area (Å²) >= 11 is 6.26. The van der Waals surface area contributed by atoms with Crippen LogP contribution >= 0.6 is 11.6 Å². The van der Waals surface area contributed by atoms with Gasteiger partial charge in [-0.1, -0.05) is 11.6 Å². The van der Waals surface area contributed by atoms with Crippen LogP contribution in [0.15, 0.2) is 24.7 Å². The van der Waals surface area contributed by atoms with Gasteiger partial charge in [0.15, 0.2) is 5.82 Å². The van der Waals surface area contributed by atoms with Gasteiger partial charge in [0.05, 0.1) is 16.6 Å². The largest absolute Gasteiger partial charge is 0.352 e. The lowest BCUT2D eigenvalue weighted by Crippen LogP contribution is -2.59. The number of fused-ring (bicyclic) bond motifs is 1. The van der Waals surface area contributed by atoms with Gasteiger partial charge in [-0.05, 0) is 13.0 Å². The third-order valence-corrected chi connectivity index (χ3v) is 4.75. The molecule has 3 aromatic heterocycles. The van der Waals surface area contributed by atoms with E-state index in [2.05, 4.69) is 25.1 Å². The minimum atomic E-state index is 0.254. The van der Waals surface area contributed by atoms with Gasteiger partial charge in [0.2, 0.25) is 5.65 Å². The van der Waals surface area contributed by atoms with Crippen molar-refractivity contribution < 1.29 is 0 Å². The van der Waals surface area contributed by atoms with Gasteiger partial charge in [-0.2, -0.15) is 5.26 Å². The molecule has 8 nitrogen and oxygen atoms in total. The Labute approximate surface area is 149 Å². The number of nitriles is 1. The van der Waals surface area contributed by atoms with Crippen molar-refractivity contribution in [3.63, 3.8) is 0 Å². The van der Waals surface area contributed by atoms with Crippen LogP contribution in [0.1, 0.15) is 11.4 Å². The molecule has 1 saturated heterocycles. The molecule has 4 rings (SSSR count). The second kappa shape index (κ2) is 5.86. The summed E-state index contributed by atoms with van der Waals surface area (Å²) in [5, 5.41) is 17.7. The first-order valence-electron chi connectivity index (χ1n) is 7.78. The van der Waals surface area contributed by atoms with Crippen LogP contribution in [-0.2, 0) is 0 Å². The minimum Gasteiger partial charge on any atom is -0.352 e. The number of aryl methyl sites for hydroxylation is 1. The van der Waals surface area contributed by atoms with Gasteiger partial charge < -0.3 is 9.80 Å². The maximum absolute atomic E-state index is 8.92. The Kier molecular flexibility index (Phi) is 3.66. The number of halogens is 1. The first kappa shape index (κ1) is 15.6. The van der Waals surface area contributed by atoms with Gasteiger partial charge in [0.25, 0.3) is 0 Å². The molecule has 0 spiro atoms. The third-order valence-electron chi connectivity index (χ3n) is 4.47. The molecule has 126 valence electrons. The lowest BCUT2D eigenvalue weighted by Gasteiger charge is -2.45. The van der Waals surface area contributed by atoms with Crippen LogP contribution in [0.25, 0.3) is 5.65 Å². The lowest BCUT2D eigenvalue weighted by molar-refractivity contribution is 0.490. The fourth-order valence-corrected chi connectivity index (χ4v) is 3.25. The summed E-state index contributed by atoms with van der Waals surface area (Å²) in [7, 11) is 1.96. The molecule has 0 aliphatic carbocycles. The molecule has 0 atom stereocenters. The number of hydrogen-bond donors (Lipinski definition) is 0. The van der Waals surface area contributed by atoms with E-state index in [1.54, 1.807) is 12.3 Å². The fraction of sp³-hybridized carbons (Fsp3) is 0.312. The predicted molar refractivity (Wildman–Crippen MR) is 93.9 cm³/mol. The summed E-state index contributed by atoms with van der Waals surface area (Å²) in [6.45, 7) is 3.48. The van der Waals surface area contributed by atoms with E-state index in [0.29, 0.717) is 16.4 Å². The summed E-state index contributed by atoms with van der Waals surface area (Å²) in [6.07, 6.45) is 5.15. The molecule has 1 aliphatic rings. The smallest absolute Gasteiger partial charge is 0.203 e. The number of likely N-dealkylation sites (N-methyl/N-ethyl adjacent to an activating group) is 1. The zero-order chi connectivity index (χ0) is 17.6. The SMILES string of the molecule is Cc1nnc2c(N3CC(N(C)c4ncc(C#N)cc4Cl)C3)nccn12. The summed E-state index contributed by atoms with van der Waals surface area (Å²) in [4.78, 5) is 13.0. The van der Waals surface area contributed by atoms with Crippen LogP contribution in [-0.4, -0.2) is 50.7 Å². The molecule has 0 amide bonds. The summed E-state index contributed by atoms with van der Waals surface area (Å²) in [5.41, 5.74) is 1.21. The van der Waals surface area contributed by atoms with Crippen LogP contribution in [0.4, 0.5) is 11.6 Å². The van der Waals surface area contributed by atoms with Crippen molar-refractivity contribution in [3.8, 4) is 6.07 Å². The Hall–Kier alpha value is -2.92. The first-order valence-corrected chi connectivity index (χ1v) is 8.16. The predicted octanol–water partition coefficient (Wildman–Crippen LogP) is 1.68. The summed E-state index contributed by atoms with van der Waals surface area (Å²) < 4.78 is 1.93. The highest BCUT2D eigenvalue weighted by Crippen LogP contribution is 2.30. The van der Waals surface area contributed by atoms with Crippen molar-refractivity contribution in [2.45, 2.75) is 13.0 Å². The molecule has 0 unspecified atom stereocenters. The zero-order valence-corrected chi connectivity index (χ0v) is 14.5. The molecule has 0 N–H and O–H groups in total. The number of aromatic nitrogens is 5. The second-order valence-corrected chi connectivity index (χ2v) is 6.41. The van der Waals surface area contributed by atoms with E-state index in [4.69, 9.17) is 16.9 Å². The Morgan fingerprint density at radius 1 is 1.32 bits per heavy atom. The number of nitrogens with zero attached hydrogens (tertiary/aromatic N) is 8. The van der Waals surface area contributed by atoms with Crippen molar-refractivity contribution in [1.29, 1.82) is 5.26 Å². The topological polar surface area (TPSA) is 86.2 Å². The average molecular weight is 355 g/mol. The van der Waals surface area contributed by atoms with Crippen molar-refractivity contribution >= 4 is 28.9 Å². The lowest BCUT2D eigenvalue weighted by atomic mass is 10.1. The monoisotopic (exact) mass is 354 g/mol. The van der Waals surface area contributed by atoms with E-state index in [1.165, 1.54) is 6.20 Å². The van der Waals surface area contributed by atoms with Gasteiger partial charge in [0, 0.05) is 38.7 Å². The molecule has 9 heteroatoms. The standard InChI is InChI=1S/C16H15ClN8/c1-10-21-22-16-15(19-3-4-25(10)16)24-8-12(9-24)23(2)14-13(17)5-11(6-18)7-20-14/h3-5,7,12H,8-9H2,1-2H3. The maximum atomic E-state index is 8.92. The molecule has 0 aromatic carbocycles. The normalized spacial score (nSPS) is 14.4. The molecule has 0 saturated carbocycles. The van der Waals surface area contributed by atoms with Gasteiger partial charge in [-0.25, -0.2) is 9.97 Å². The molecule has 1 fully saturated rings. The third kappa shape index (κ3) is 2.53. The van der Waals surface area contributed by atoms with E-state index in [0.717, 1.165) is 30.4 Å². The first-order chi connectivity index (χ1) is 12.1. The quantitative estimate of drug-likeness (QED) is 0.707. The number of hydrogen-bond acceptors (Lipinski definition) is 7. The molecule has 4 heterocycles. The molecule has 0 bridgehead atoms.